The Morgan fingerprint density at radius 3 is 3.00 bits per heavy atom. The Bertz CT molecular complexity index is 373. The van der Waals surface area contributed by atoms with Gasteiger partial charge in [-0.2, -0.15) is 0 Å². The molecule has 0 aliphatic carbocycles. The maximum atomic E-state index is 3.53. The van der Waals surface area contributed by atoms with E-state index < -0.39 is 0 Å². The van der Waals surface area contributed by atoms with Crippen molar-refractivity contribution in [2.75, 3.05) is 18.4 Å². The molecule has 1 aromatic carbocycles. The molecule has 2 nitrogen and oxygen atoms in total. The van der Waals surface area contributed by atoms with Gasteiger partial charge in [-0.05, 0) is 56.5 Å². The van der Waals surface area contributed by atoms with E-state index in [9.17, 15) is 0 Å². The van der Waals surface area contributed by atoms with Crippen LogP contribution in [-0.4, -0.2) is 19.1 Å². The van der Waals surface area contributed by atoms with Crippen LogP contribution in [0.5, 0.6) is 0 Å². The Morgan fingerprint density at radius 1 is 1.28 bits per heavy atom. The Balaban J connectivity index is 1.72. The standard InChI is InChI=1S/C16H26N2/c1-3-4-5-9-17-10-8-14-6-7-16-15(12-14)11-13(2)18-16/h6-7,12-13,17-18H,3-5,8-11H2,1-2H3. The van der Waals surface area contributed by atoms with Crippen molar-refractivity contribution in [1.29, 1.82) is 0 Å². The molecule has 1 aliphatic rings. The molecule has 1 atom stereocenters. The molecule has 2 rings (SSSR count). The van der Waals surface area contributed by atoms with Crippen LogP contribution in [0.4, 0.5) is 5.69 Å². The third-order valence-corrected chi connectivity index (χ3v) is 3.65. The van der Waals surface area contributed by atoms with Crippen LogP contribution in [0.15, 0.2) is 18.2 Å². The maximum absolute atomic E-state index is 3.53. The van der Waals surface area contributed by atoms with Crippen LogP contribution in [0.3, 0.4) is 0 Å². The van der Waals surface area contributed by atoms with Gasteiger partial charge in [-0.25, -0.2) is 0 Å². The van der Waals surface area contributed by atoms with Crippen LogP contribution in [0.25, 0.3) is 0 Å². The molecule has 0 fully saturated rings. The molecule has 0 saturated heterocycles. The van der Waals surface area contributed by atoms with E-state index in [0.717, 1.165) is 19.5 Å². The number of unbranched alkanes of at least 4 members (excludes halogenated alkanes) is 2. The van der Waals surface area contributed by atoms with Crippen molar-refractivity contribution in [1.82, 2.24) is 5.32 Å². The fraction of sp³-hybridized carbons (Fsp3) is 0.625. The average molecular weight is 246 g/mol. The molecule has 0 saturated carbocycles. The highest BCUT2D eigenvalue weighted by atomic mass is 14.9. The zero-order chi connectivity index (χ0) is 12.8. The van der Waals surface area contributed by atoms with Gasteiger partial charge in [0, 0.05) is 11.7 Å². The van der Waals surface area contributed by atoms with Crippen molar-refractivity contribution in [3.63, 3.8) is 0 Å². The normalized spacial score (nSPS) is 17.6. The second-order valence-electron chi connectivity index (χ2n) is 5.45. The van der Waals surface area contributed by atoms with Gasteiger partial charge in [-0.3, -0.25) is 0 Å². The van der Waals surface area contributed by atoms with E-state index in [-0.39, 0.29) is 0 Å². The number of rotatable bonds is 7. The van der Waals surface area contributed by atoms with Crippen LogP contribution in [0.2, 0.25) is 0 Å². The third kappa shape index (κ3) is 3.74. The Morgan fingerprint density at radius 2 is 2.17 bits per heavy atom. The zero-order valence-corrected chi connectivity index (χ0v) is 11.8. The van der Waals surface area contributed by atoms with Crippen LogP contribution in [0.1, 0.15) is 44.2 Å². The Hall–Kier alpha value is -1.02. The van der Waals surface area contributed by atoms with E-state index in [1.807, 2.05) is 0 Å². The lowest BCUT2D eigenvalue weighted by atomic mass is 10.0. The smallest absolute Gasteiger partial charge is 0.0375 e. The first-order valence-corrected chi connectivity index (χ1v) is 7.38. The molecule has 0 bridgehead atoms. The van der Waals surface area contributed by atoms with Gasteiger partial charge in [0.2, 0.25) is 0 Å². The summed E-state index contributed by atoms with van der Waals surface area (Å²) in [6, 6.07) is 7.48. The summed E-state index contributed by atoms with van der Waals surface area (Å²) in [5, 5.41) is 7.03. The fourth-order valence-electron chi connectivity index (χ4n) is 2.62. The summed E-state index contributed by atoms with van der Waals surface area (Å²) < 4.78 is 0. The molecule has 1 unspecified atom stereocenters. The molecule has 0 aromatic heterocycles. The van der Waals surface area contributed by atoms with Crippen molar-refractivity contribution >= 4 is 5.69 Å². The molecule has 100 valence electrons. The van der Waals surface area contributed by atoms with Gasteiger partial charge < -0.3 is 10.6 Å². The molecule has 1 aliphatic heterocycles. The number of anilines is 1. The highest BCUT2D eigenvalue weighted by Crippen LogP contribution is 2.26. The first-order valence-electron chi connectivity index (χ1n) is 7.38. The van der Waals surface area contributed by atoms with E-state index in [2.05, 4.69) is 42.7 Å². The lowest BCUT2D eigenvalue weighted by Crippen LogP contribution is -2.18. The topological polar surface area (TPSA) is 24.1 Å². The minimum absolute atomic E-state index is 0.599. The van der Waals surface area contributed by atoms with Crippen molar-refractivity contribution in [2.45, 2.75) is 52.0 Å². The predicted octanol–water partition coefficient (Wildman–Crippen LogP) is 3.37. The predicted molar refractivity (Wildman–Crippen MR) is 79.3 cm³/mol. The molecule has 0 amide bonds. The number of hydrogen-bond acceptors (Lipinski definition) is 2. The molecule has 1 aromatic rings. The Labute approximate surface area is 111 Å². The molecule has 1 heterocycles. The lowest BCUT2D eigenvalue weighted by molar-refractivity contribution is 0.617. The molecule has 0 spiro atoms. The van der Waals surface area contributed by atoms with Gasteiger partial charge in [0.1, 0.15) is 0 Å². The second-order valence-corrected chi connectivity index (χ2v) is 5.45. The van der Waals surface area contributed by atoms with Gasteiger partial charge in [0.15, 0.2) is 0 Å². The maximum Gasteiger partial charge on any atom is 0.0375 e. The summed E-state index contributed by atoms with van der Waals surface area (Å²) >= 11 is 0. The van der Waals surface area contributed by atoms with Crippen LogP contribution in [-0.2, 0) is 12.8 Å². The van der Waals surface area contributed by atoms with Gasteiger partial charge in [0.25, 0.3) is 0 Å². The van der Waals surface area contributed by atoms with Gasteiger partial charge >= 0.3 is 0 Å². The molecule has 2 N–H and O–H groups in total. The summed E-state index contributed by atoms with van der Waals surface area (Å²) in [6.45, 7) is 6.76. The SMILES string of the molecule is CCCCCNCCc1ccc2c(c1)CC(C)N2. The monoisotopic (exact) mass is 246 g/mol. The summed E-state index contributed by atoms with van der Waals surface area (Å²) in [5.74, 6) is 0. The Kier molecular flexibility index (Phi) is 5.06. The summed E-state index contributed by atoms with van der Waals surface area (Å²) in [7, 11) is 0. The van der Waals surface area contributed by atoms with Crippen LogP contribution >= 0.6 is 0 Å². The first-order chi connectivity index (χ1) is 8.79. The summed E-state index contributed by atoms with van der Waals surface area (Å²) in [5.41, 5.74) is 4.29. The minimum Gasteiger partial charge on any atom is -0.382 e. The van der Waals surface area contributed by atoms with E-state index in [4.69, 9.17) is 0 Å². The average Bonchev–Trinajstić information content (AvgIpc) is 2.73. The zero-order valence-electron chi connectivity index (χ0n) is 11.8. The third-order valence-electron chi connectivity index (χ3n) is 3.65. The van der Waals surface area contributed by atoms with Crippen molar-refractivity contribution in [3.05, 3.63) is 29.3 Å². The van der Waals surface area contributed by atoms with E-state index in [0.29, 0.717) is 6.04 Å². The van der Waals surface area contributed by atoms with Gasteiger partial charge in [-0.1, -0.05) is 31.9 Å². The van der Waals surface area contributed by atoms with Crippen molar-refractivity contribution in [2.24, 2.45) is 0 Å². The highest BCUT2D eigenvalue weighted by Gasteiger charge is 2.16. The number of hydrogen-bond donors (Lipinski definition) is 2. The fourth-order valence-corrected chi connectivity index (χ4v) is 2.62. The summed E-state index contributed by atoms with van der Waals surface area (Å²) in [6.07, 6.45) is 6.27. The molecular formula is C16H26N2. The second kappa shape index (κ2) is 6.79. The molecule has 0 radical (unpaired) electrons. The molecular weight excluding hydrogens is 220 g/mol. The van der Waals surface area contributed by atoms with E-state index >= 15 is 0 Å². The van der Waals surface area contributed by atoms with Crippen molar-refractivity contribution < 1.29 is 0 Å². The largest absolute Gasteiger partial charge is 0.382 e. The highest BCUT2D eigenvalue weighted by molar-refractivity contribution is 5.57. The quantitative estimate of drug-likeness (QED) is 0.721. The molecule has 18 heavy (non-hydrogen) atoms. The van der Waals surface area contributed by atoms with E-state index in [1.54, 1.807) is 0 Å². The van der Waals surface area contributed by atoms with Crippen molar-refractivity contribution in [3.8, 4) is 0 Å². The first kappa shape index (κ1) is 13.4. The van der Waals surface area contributed by atoms with E-state index in [1.165, 1.54) is 42.5 Å². The number of nitrogens with one attached hydrogen (secondary N) is 2. The number of fused-ring (bicyclic) bond motifs is 1. The van der Waals surface area contributed by atoms with Gasteiger partial charge in [-0.15, -0.1) is 0 Å². The molecule has 2 heteroatoms. The lowest BCUT2D eigenvalue weighted by Gasteiger charge is -2.06. The van der Waals surface area contributed by atoms with Crippen LogP contribution in [0, 0.1) is 0 Å². The van der Waals surface area contributed by atoms with Gasteiger partial charge in [0.05, 0.1) is 0 Å². The summed E-state index contributed by atoms with van der Waals surface area (Å²) in [4.78, 5) is 0. The minimum atomic E-state index is 0.599. The van der Waals surface area contributed by atoms with Crippen LogP contribution < -0.4 is 10.6 Å². The number of benzene rings is 1.